The number of amides is 1. The van der Waals surface area contributed by atoms with Gasteiger partial charge in [0.25, 0.3) is 5.91 Å². The summed E-state index contributed by atoms with van der Waals surface area (Å²) >= 11 is 0. The number of nitrogens with one attached hydrogen (secondary N) is 1. The number of nitrogen functional groups attached to an aromatic ring is 1. The zero-order valence-electron chi connectivity index (χ0n) is 12.4. The number of anilines is 1. The topological polar surface area (TPSA) is 104 Å². The summed E-state index contributed by atoms with van der Waals surface area (Å²) in [6, 6.07) is -0.0438. The molecule has 1 rings (SSSR count). The molecule has 0 saturated heterocycles. The van der Waals surface area contributed by atoms with Crippen molar-refractivity contribution in [3.05, 3.63) is 17.7 Å². The molecule has 0 radical (unpaired) electrons. The number of aliphatic hydroxyl groups is 1. The molecule has 112 valence electrons. The van der Waals surface area contributed by atoms with Crippen LogP contribution in [0.5, 0.6) is 0 Å². The van der Waals surface area contributed by atoms with Crippen molar-refractivity contribution in [2.24, 2.45) is 5.84 Å². The summed E-state index contributed by atoms with van der Waals surface area (Å²) in [6.45, 7) is 7.82. The monoisotopic (exact) mass is 281 g/mol. The van der Waals surface area contributed by atoms with E-state index in [1.54, 1.807) is 4.90 Å². The summed E-state index contributed by atoms with van der Waals surface area (Å²) in [5.74, 6) is 5.84. The maximum absolute atomic E-state index is 12.6. The van der Waals surface area contributed by atoms with Crippen molar-refractivity contribution in [1.29, 1.82) is 0 Å². The minimum Gasteiger partial charge on any atom is -0.395 e. The van der Waals surface area contributed by atoms with Gasteiger partial charge in [-0.05, 0) is 13.8 Å². The average molecular weight is 281 g/mol. The van der Waals surface area contributed by atoms with E-state index < -0.39 is 0 Å². The van der Waals surface area contributed by atoms with Gasteiger partial charge in [0.05, 0.1) is 18.5 Å². The number of hydrogen-bond acceptors (Lipinski definition) is 6. The van der Waals surface area contributed by atoms with E-state index in [2.05, 4.69) is 15.4 Å². The fraction of sp³-hybridized carbons (Fsp3) is 0.615. The van der Waals surface area contributed by atoms with Crippen LogP contribution in [0.15, 0.2) is 6.20 Å². The van der Waals surface area contributed by atoms with Gasteiger partial charge in [-0.1, -0.05) is 13.8 Å². The van der Waals surface area contributed by atoms with Gasteiger partial charge >= 0.3 is 0 Å². The van der Waals surface area contributed by atoms with Crippen molar-refractivity contribution in [2.45, 2.75) is 39.7 Å². The fourth-order valence-electron chi connectivity index (χ4n) is 1.78. The number of rotatable bonds is 6. The first kappa shape index (κ1) is 16.3. The molecule has 1 aromatic heterocycles. The smallest absolute Gasteiger partial charge is 0.275 e. The Morgan fingerprint density at radius 1 is 1.45 bits per heavy atom. The summed E-state index contributed by atoms with van der Waals surface area (Å²) in [5, 5.41) is 9.08. The Kier molecular flexibility index (Phi) is 5.84. The van der Waals surface area contributed by atoms with Gasteiger partial charge in [0.15, 0.2) is 5.69 Å². The molecule has 0 fully saturated rings. The van der Waals surface area contributed by atoms with E-state index in [9.17, 15) is 4.79 Å². The molecule has 0 aliphatic heterocycles. The van der Waals surface area contributed by atoms with E-state index in [0.717, 1.165) is 0 Å². The van der Waals surface area contributed by atoms with Gasteiger partial charge in [0, 0.05) is 18.5 Å². The number of aromatic nitrogens is 2. The molecular formula is C13H23N5O2. The lowest BCUT2D eigenvalue weighted by atomic mass is 10.2. The Bertz CT molecular complexity index is 462. The van der Waals surface area contributed by atoms with E-state index in [0.29, 0.717) is 11.5 Å². The lowest BCUT2D eigenvalue weighted by Crippen LogP contribution is -2.40. The molecule has 0 aliphatic carbocycles. The molecule has 0 atom stereocenters. The molecule has 7 nitrogen and oxygen atoms in total. The molecule has 0 saturated carbocycles. The molecule has 1 heterocycles. The molecule has 1 aromatic rings. The van der Waals surface area contributed by atoms with Gasteiger partial charge < -0.3 is 15.4 Å². The molecule has 0 aromatic carbocycles. The lowest BCUT2D eigenvalue weighted by Gasteiger charge is -2.26. The second-order valence-corrected chi connectivity index (χ2v) is 5.11. The van der Waals surface area contributed by atoms with E-state index in [-0.39, 0.29) is 36.7 Å². The van der Waals surface area contributed by atoms with Crippen LogP contribution in [0.3, 0.4) is 0 Å². The average Bonchev–Trinajstić information content (AvgIpc) is 2.42. The van der Waals surface area contributed by atoms with Crippen molar-refractivity contribution in [2.75, 3.05) is 18.6 Å². The zero-order chi connectivity index (χ0) is 15.3. The van der Waals surface area contributed by atoms with Crippen LogP contribution < -0.4 is 11.3 Å². The molecule has 1 amide bonds. The SMILES string of the molecule is CC(C)c1ncc(NN)c(C(=O)N(CCO)C(C)C)n1. The summed E-state index contributed by atoms with van der Waals surface area (Å²) in [6.07, 6.45) is 1.51. The number of hydrogen-bond donors (Lipinski definition) is 3. The van der Waals surface area contributed by atoms with Crippen molar-refractivity contribution in [1.82, 2.24) is 14.9 Å². The number of nitrogens with zero attached hydrogens (tertiary/aromatic N) is 3. The number of carbonyl (C=O) groups is 1. The predicted octanol–water partition coefficient (Wildman–Crippen LogP) is 0.728. The van der Waals surface area contributed by atoms with Gasteiger partial charge in [-0.2, -0.15) is 0 Å². The normalized spacial score (nSPS) is 11.0. The Balaban J connectivity index is 3.20. The Labute approximate surface area is 119 Å². The molecule has 0 unspecified atom stereocenters. The molecule has 20 heavy (non-hydrogen) atoms. The van der Waals surface area contributed by atoms with Crippen molar-refractivity contribution >= 4 is 11.6 Å². The third-order valence-electron chi connectivity index (χ3n) is 2.91. The molecular weight excluding hydrogens is 258 g/mol. The fourth-order valence-corrected chi connectivity index (χ4v) is 1.78. The largest absolute Gasteiger partial charge is 0.395 e. The summed E-state index contributed by atoms with van der Waals surface area (Å²) < 4.78 is 0. The second kappa shape index (κ2) is 7.16. The third-order valence-corrected chi connectivity index (χ3v) is 2.91. The highest BCUT2D eigenvalue weighted by atomic mass is 16.3. The maximum Gasteiger partial charge on any atom is 0.275 e. The van der Waals surface area contributed by atoms with Gasteiger partial charge in [0.2, 0.25) is 0 Å². The quantitative estimate of drug-likeness (QED) is 0.524. The summed E-state index contributed by atoms with van der Waals surface area (Å²) in [4.78, 5) is 22.6. The Morgan fingerprint density at radius 2 is 2.10 bits per heavy atom. The van der Waals surface area contributed by atoms with Crippen molar-refractivity contribution in [3.63, 3.8) is 0 Å². The minimum absolute atomic E-state index is 0.0438. The van der Waals surface area contributed by atoms with Gasteiger partial charge in [0.1, 0.15) is 5.82 Å². The molecule has 0 aliphatic rings. The number of hydrazine groups is 1. The van der Waals surface area contributed by atoms with Crippen LogP contribution in [0.4, 0.5) is 5.69 Å². The van der Waals surface area contributed by atoms with Gasteiger partial charge in [-0.3, -0.25) is 10.6 Å². The van der Waals surface area contributed by atoms with Crippen LogP contribution in [0.1, 0.15) is 49.9 Å². The highest BCUT2D eigenvalue weighted by Crippen LogP contribution is 2.18. The standard InChI is InChI=1S/C13H23N5O2/c1-8(2)12-15-7-10(17-14)11(16-12)13(20)18(5-6-19)9(3)4/h7-9,17,19H,5-6,14H2,1-4H3. The van der Waals surface area contributed by atoms with E-state index >= 15 is 0 Å². The Morgan fingerprint density at radius 3 is 2.55 bits per heavy atom. The summed E-state index contributed by atoms with van der Waals surface area (Å²) in [5.41, 5.74) is 3.05. The first-order valence-electron chi connectivity index (χ1n) is 6.67. The number of carbonyl (C=O) groups excluding carboxylic acids is 1. The highest BCUT2D eigenvalue weighted by molar-refractivity contribution is 5.97. The summed E-state index contributed by atoms with van der Waals surface area (Å²) in [7, 11) is 0. The highest BCUT2D eigenvalue weighted by Gasteiger charge is 2.23. The van der Waals surface area contributed by atoms with Crippen LogP contribution in [0.2, 0.25) is 0 Å². The lowest BCUT2D eigenvalue weighted by molar-refractivity contribution is 0.0660. The van der Waals surface area contributed by atoms with Crippen LogP contribution in [-0.4, -0.2) is 45.1 Å². The van der Waals surface area contributed by atoms with Crippen LogP contribution in [0, 0.1) is 0 Å². The van der Waals surface area contributed by atoms with Gasteiger partial charge in [-0.25, -0.2) is 9.97 Å². The van der Waals surface area contributed by atoms with E-state index in [1.807, 2.05) is 27.7 Å². The second-order valence-electron chi connectivity index (χ2n) is 5.11. The van der Waals surface area contributed by atoms with Crippen LogP contribution in [-0.2, 0) is 0 Å². The first-order valence-corrected chi connectivity index (χ1v) is 6.67. The van der Waals surface area contributed by atoms with E-state index in [1.165, 1.54) is 6.20 Å². The van der Waals surface area contributed by atoms with Crippen LogP contribution in [0.25, 0.3) is 0 Å². The first-order chi connectivity index (χ1) is 9.42. The predicted molar refractivity (Wildman–Crippen MR) is 77.2 cm³/mol. The number of aliphatic hydroxyl groups excluding tert-OH is 1. The maximum atomic E-state index is 12.6. The zero-order valence-corrected chi connectivity index (χ0v) is 12.4. The number of nitrogens with two attached hydrogens (primary N) is 1. The molecule has 7 heteroatoms. The molecule has 0 bridgehead atoms. The molecule has 4 N–H and O–H groups in total. The van der Waals surface area contributed by atoms with Crippen molar-refractivity contribution < 1.29 is 9.90 Å². The van der Waals surface area contributed by atoms with Crippen LogP contribution >= 0.6 is 0 Å². The Hall–Kier alpha value is -1.73. The third kappa shape index (κ3) is 3.64. The molecule has 0 spiro atoms. The minimum atomic E-state index is -0.272. The van der Waals surface area contributed by atoms with E-state index in [4.69, 9.17) is 10.9 Å². The van der Waals surface area contributed by atoms with Gasteiger partial charge in [-0.15, -0.1) is 0 Å². The van der Waals surface area contributed by atoms with Crippen molar-refractivity contribution in [3.8, 4) is 0 Å².